The Kier molecular flexibility index (Phi) is 3.40. The highest BCUT2D eigenvalue weighted by atomic mass is 16.3. The number of nitrogens with zero attached hydrogens (tertiary/aromatic N) is 1. The lowest BCUT2D eigenvalue weighted by Crippen LogP contribution is -2.28. The van der Waals surface area contributed by atoms with Crippen molar-refractivity contribution in [1.82, 2.24) is 10.3 Å². The van der Waals surface area contributed by atoms with Crippen LogP contribution < -0.4 is 10.6 Å². The first-order valence-corrected chi connectivity index (χ1v) is 5.24. The second kappa shape index (κ2) is 5.16. The van der Waals surface area contributed by atoms with Gasteiger partial charge in [0.2, 0.25) is 0 Å². The van der Waals surface area contributed by atoms with Gasteiger partial charge >= 0.3 is 6.03 Å². The number of carbonyl (C=O) groups excluding carboxylic acids is 1. The fraction of sp³-hybridized carbons (Fsp3) is 0.167. The second-order valence-corrected chi connectivity index (χ2v) is 3.53. The van der Waals surface area contributed by atoms with Gasteiger partial charge in [0, 0.05) is 5.69 Å². The predicted molar refractivity (Wildman–Crippen MR) is 63.5 cm³/mol. The number of urea groups is 1. The average Bonchev–Trinajstić information content (AvgIpc) is 2.74. The number of anilines is 1. The van der Waals surface area contributed by atoms with Gasteiger partial charge in [-0.05, 0) is 19.1 Å². The number of carbonyl (C=O) groups is 1. The number of oxazole rings is 1. The number of aromatic nitrogens is 1. The summed E-state index contributed by atoms with van der Waals surface area (Å²) in [6.45, 7) is 2.15. The lowest BCUT2D eigenvalue weighted by molar-refractivity contribution is 0.251. The number of aryl methyl sites for hydroxylation is 1. The van der Waals surface area contributed by atoms with Gasteiger partial charge in [0.25, 0.3) is 0 Å². The molecule has 2 rings (SSSR count). The molecule has 5 heteroatoms. The molecule has 1 heterocycles. The van der Waals surface area contributed by atoms with E-state index in [-0.39, 0.29) is 6.03 Å². The molecule has 0 aliphatic rings. The zero-order chi connectivity index (χ0) is 12.1. The molecule has 5 nitrogen and oxygen atoms in total. The maximum Gasteiger partial charge on any atom is 0.319 e. The highest BCUT2D eigenvalue weighted by Gasteiger charge is 2.05. The number of nitrogens with one attached hydrogen (secondary N) is 2. The molecule has 0 saturated carbocycles. The first-order chi connectivity index (χ1) is 8.25. The molecule has 1 aromatic heterocycles. The van der Waals surface area contributed by atoms with Crippen LogP contribution in [0.15, 0.2) is 41.1 Å². The normalized spacial score (nSPS) is 9.94. The van der Waals surface area contributed by atoms with Crippen LogP contribution in [0.5, 0.6) is 0 Å². The van der Waals surface area contributed by atoms with Crippen molar-refractivity contribution >= 4 is 11.7 Å². The molecule has 17 heavy (non-hydrogen) atoms. The Morgan fingerprint density at radius 2 is 2.12 bits per heavy atom. The number of amides is 2. The lowest BCUT2D eigenvalue weighted by Gasteiger charge is -2.06. The van der Waals surface area contributed by atoms with E-state index in [0.29, 0.717) is 12.3 Å². The zero-order valence-electron chi connectivity index (χ0n) is 9.43. The van der Waals surface area contributed by atoms with Crippen LogP contribution in [-0.4, -0.2) is 11.0 Å². The molecule has 88 valence electrons. The third kappa shape index (κ3) is 3.07. The van der Waals surface area contributed by atoms with Gasteiger partial charge in [-0.1, -0.05) is 18.2 Å². The molecule has 0 bridgehead atoms. The van der Waals surface area contributed by atoms with E-state index < -0.39 is 0 Å². The first kappa shape index (κ1) is 11.2. The van der Waals surface area contributed by atoms with Crippen LogP contribution in [0.3, 0.4) is 0 Å². The number of hydrogen-bond donors (Lipinski definition) is 2. The molecular formula is C12H13N3O2. The Labute approximate surface area is 98.9 Å². The van der Waals surface area contributed by atoms with E-state index in [4.69, 9.17) is 4.42 Å². The monoisotopic (exact) mass is 231 g/mol. The van der Waals surface area contributed by atoms with Gasteiger partial charge in [-0.2, -0.15) is 0 Å². The van der Waals surface area contributed by atoms with Crippen LogP contribution in [-0.2, 0) is 6.54 Å². The summed E-state index contributed by atoms with van der Waals surface area (Å²) in [5.74, 6) is 0.660. The van der Waals surface area contributed by atoms with E-state index in [1.165, 1.54) is 6.39 Å². The van der Waals surface area contributed by atoms with E-state index in [0.717, 1.165) is 11.4 Å². The summed E-state index contributed by atoms with van der Waals surface area (Å²) in [7, 11) is 0. The fourth-order valence-electron chi connectivity index (χ4n) is 1.35. The molecule has 0 aliphatic carbocycles. The van der Waals surface area contributed by atoms with Crippen LogP contribution in [0.1, 0.15) is 11.5 Å². The Balaban J connectivity index is 1.84. The van der Waals surface area contributed by atoms with Gasteiger partial charge in [0.1, 0.15) is 5.76 Å². The standard InChI is InChI=1S/C12H13N3O2/c1-9-11(17-8-14-9)7-13-12(16)15-10-5-3-2-4-6-10/h2-6,8H,7H2,1H3,(H2,13,15,16). The molecule has 0 radical (unpaired) electrons. The van der Waals surface area contributed by atoms with Crippen LogP contribution in [0.2, 0.25) is 0 Å². The van der Waals surface area contributed by atoms with Crippen molar-refractivity contribution in [2.45, 2.75) is 13.5 Å². The van der Waals surface area contributed by atoms with Crippen LogP contribution in [0.25, 0.3) is 0 Å². The quantitative estimate of drug-likeness (QED) is 0.851. The molecular weight excluding hydrogens is 218 g/mol. The second-order valence-electron chi connectivity index (χ2n) is 3.53. The van der Waals surface area contributed by atoms with Crippen LogP contribution >= 0.6 is 0 Å². The van der Waals surface area contributed by atoms with Gasteiger partial charge in [-0.15, -0.1) is 0 Å². The minimum Gasteiger partial charge on any atom is -0.446 e. The molecule has 0 atom stereocenters. The molecule has 0 spiro atoms. The van der Waals surface area contributed by atoms with Crippen molar-refractivity contribution in [3.63, 3.8) is 0 Å². The number of hydrogen-bond acceptors (Lipinski definition) is 3. The van der Waals surface area contributed by atoms with Crippen molar-refractivity contribution in [2.75, 3.05) is 5.32 Å². The maximum atomic E-state index is 11.5. The summed E-state index contributed by atoms with van der Waals surface area (Å²) in [6.07, 6.45) is 1.36. The van der Waals surface area contributed by atoms with Gasteiger partial charge in [0.05, 0.1) is 12.2 Å². The summed E-state index contributed by atoms with van der Waals surface area (Å²) in [4.78, 5) is 15.5. The van der Waals surface area contributed by atoms with Gasteiger partial charge in [-0.3, -0.25) is 0 Å². The minimum atomic E-state index is -0.271. The Morgan fingerprint density at radius 3 is 2.76 bits per heavy atom. The Morgan fingerprint density at radius 1 is 1.35 bits per heavy atom. The van der Waals surface area contributed by atoms with Crippen molar-refractivity contribution in [3.8, 4) is 0 Å². The molecule has 2 amide bonds. The smallest absolute Gasteiger partial charge is 0.319 e. The number of benzene rings is 1. The topological polar surface area (TPSA) is 67.2 Å². The van der Waals surface area contributed by atoms with Crippen molar-refractivity contribution < 1.29 is 9.21 Å². The van der Waals surface area contributed by atoms with E-state index >= 15 is 0 Å². The molecule has 0 fully saturated rings. The molecule has 2 aromatic rings. The number of para-hydroxylation sites is 1. The Hall–Kier alpha value is -2.30. The van der Waals surface area contributed by atoms with Crippen molar-refractivity contribution in [3.05, 3.63) is 48.2 Å². The summed E-state index contributed by atoms with van der Waals surface area (Å²) >= 11 is 0. The Bertz CT molecular complexity index is 493. The maximum absolute atomic E-state index is 11.5. The van der Waals surface area contributed by atoms with Gasteiger partial charge in [-0.25, -0.2) is 9.78 Å². The largest absolute Gasteiger partial charge is 0.446 e. The van der Waals surface area contributed by atoms with Gasteiger partial charge in [0.15, 0.2) is 6.39 Å². The third-order valence-electron chi connectivity index (χ3n) is 2.29. The number of rotatable bonds is 3. The molecule has 2 N–H and O–H groups in total. The lowest BCUT2D eigenvalue weighted by atomic mass is 10.3. The molecule has 1 aromatic carbocycles. The van der Waals surface area contributed by atoms with Crippen LogP contribution in [0.4, 0.5) is 10.5 Å². The fourth-order valence-corrected chi connectivity index (χ4v) is 1.35. The minimum absolute atomic E-state index is 0.271. The van der Waals surface area contributed by atoms with E-state index in [1.54, 1.807) is 0 Å². The SMILES string of the molecule is Cc1ncoc1CNC(=O)Nc1ccccc1. The van der Waals surface area contributed by atoms with Crippen molar-refractivity contribution in [2.24, 2.45) is 0 Å². The summed E-state index contributed by atoms with van der Waals surface area (Å²) in [5.41, 5.74) is 1.53. The first-order valence-electron chi connectivity index (χ1n) is 5.24. The van der Waals surface area contributed by atoms with E-state index in [2.05, 4.69) is 15.6 Å². The summed E-state index contributed by atoms with van der Waals surface area (Å²) < 4.78 is 5.11. The zero-order valence-corrected chi connectivity index (χ0v) is 9.43. The van der Waals surface area contributed by atoms with Crippen molar-refractivity contribution in [1.29, 1.82) is 0 Å². The average molecular weight is 231 g/mol. The highest BCUT2D eigenvalue weighted by molar-refractivity contribution is 5.89. The van der Waals surface area contributed by atoms with E-state index in [9.17, 15) is 4.79 Å². The molecule has 0 unspecified atom stereocenters. The summed E-state index contributed by atoms with van der Waals surface area (Å²) in [5, 5.41) is 5.40. The molecule has 0 aliphatic heterocycles. The highest BCUT2D eigenvalue weighted by Crippen LogP contribution is 2.06. The van der Waals surface area contributed by atoms with Crippen LogP contribution in [0, 0.1) is 6.92 Å². The predicted octanol–water partition coefficient (Wildman–Crippen LogP) is 2.30. The summed E-state index contributed by atoms with van der Waals surface area (Å²) in [6, 6.07) is 8.97. The third-order valence-corrected chi connectivity index (χ3v) is 2.29. The van der Waals surface area contributed by atoms with E-state index in [1.807, 2.05) is 37.3 Å². The van der Waals surface area contributed by atoms with Gasteiger partial charge < -0.3 is 15.1 Å². The molecule has 0 saturated heterocycles.